The first-order valence-electron chi connectivity index (χ1n) is 5.69. The van der Waals surface area contributed by atoms with Crippen molar-refractivity contribution in [3.63, 3.8) is 0 Å². The molecule has 0 bridgehead atoms. The van der Waals surface area contributed by atoms with Crippen LogP contribution in [0.3, 0.4) is 0 Å². The van der Waals surface area contributed by atoms with E-state index in [2.05, 4.69) is 37.4 Å². The summed E-state index contributed by atoms with van der Waals surface area (Å²) < 4.78 is 0. The molecule has 0 unspecified atom stereocenters. The fourth-order valence-electron chi connectivity index (χ4n) is 1.82. The summed E-state index contributed by atoms with van der Waals surface area (Å²) in [7, 11) is 6.12. The molecule has 3 rings (SSSR count). The van der Waals surface area contributed by atoms with Gasteiger partial charge in [0.15, 0.2) is 5.96 Å². The molecule has 1 aromatic rings. The lowest BCUT2D eigenvalue weighted by Crippen LogP contribution is -2.33. The topological polar surface area (TPSA) is 62.2 Å². The maximum atomic E-state index is 6.12. The van der Waals surface area contributed by atoms with Gasteiger partial charge in [-0.2, -0.15) is 0 Å². The van der Waals surface area contributed by atoms with Gasteiger partial charge in [-0.1, -0.05) is 5.92 Å². The van der Waals surface area contributed by atoms with Gasteiger partial charge in [0, 0.05) is 31.1 Å². The molecule has 2 radical (unpaired) electrons. The van der Waals surface area contributed by atoms with Gasteiger partial charge in [0.05, 0.1) is 12.2 Å². The standard InChI is InChI=1S/C12H10BN5/c13-10-8(18-12-16-6-7-17-12)2-1-3-9-11(10)15-5-4-14-9/h4-5H,2,6-7H2,(H2,16,17,18). The van der Waals surface area contributed by atoms with Crippen molar-refractivity contribution in [2.45, 2.75) is 6.42 Å². The summed E-state index contributed by atoms with van der Waals surface area (Å²) in [5, 5.41) is 6.31. The second-order valence-electron chi connectivity index (χ2n) is 3.91. The lowest BCUT2D eigenvalue weighted by Gasteiger charge is -2.12. The highest BCUT2D eigenvalue weighted by Gasteiger charge is 2.14. The Morgan fingerprint density at radius 2 is 2.22 bits per heavy atom. The van der Waals surface area contributed by atoms with Crippen LogP contribution in [0.4, 0.5) is 0 Å². The zero-order chi connectivity index (χ0) is 12.4. The highest BCUT2D eigenvalue weighted by molar-refractivity contribution is 6.43. The molecule has 1 aliphatic carbocycles. The van der Waals surface area contributed by atoms with Crippen LogP contribution in [0.25, 0.3) is 5.47 Å². The van der Waals surface area contributed by atoms with Gasteiger partial charge in [0.25, 0.3) is 0 Å². The van der Waals surface area contributed by atoms with E-state index in [1.165, 1.54) is 0 Å². The van der Waals surface area contributed by atoms with Crippen molar-refractivity contribution < 1.29 is 0 Å². The van der Waals surface area contributed by atoms with Crippen molar-refractivity contribution in [3.05, 3.63) is 29.5 Å². The van der Waals surface area contributed by atoms with Gasteiger partial charge in [0.1, 0.15) is 13.5 Å². The van der Waals surface area contributed by atoms with Gasteiger partial charge in [-0.15, -0.1) is 0 Å². The average molecular weight is 235 g/mol. The third-order valence-electron chi connectivity index (χ3n) is 2.69. The van der Waals surface area contributed by atoms with Crippen LogP contribution in [0, 0.1) is 11.8 Å². The number of hydrogen-bond donors (Lipinski definition) is 2. The van der Waals surface area contributed by atoms with E-state index in [0.717, 1.165) is 24.7 Å². The minimum atomic E-state index is 0.532. The summed E-state index contributed by atoms with van der Waals surface area (Å²) in [6.07, 6.45) is 3.76. The molecule has 1 aliphatic heterocycles. The number of allylic oxidation sites excluding steroid dienone is 1. The van der Waals surface area contributed by atoms with Gasteiger partial charge in [-0.25, -0.2) is 4.98 Å². The Kier molecular flexibility index (Phi) is 2.73. The van der Waals surface area contributed by atoms with E-state index in [0.29, 0.717) is 23.3 Å². The Morgan fingerprint density at radius 1 is 1.33 bits per heavy atom. The predicted molar refractivity (Wildman–Crippen MR) is 69.6 cm³/mol. The lowest BCUT2D eigenvalue weighted by molar-refractivity contribution is 0.934. The first-order valence-corrected chi connectivity index (χ1v) is 5.69. The number of aliphatic imine (C=N–C) groups is 1. The first kappa shape index (κ1) is 10.8. The molecular formula is C12H10BN5. The molecule has 0 amide bonds. The summed E-state index contributed by atoms with van der Waals surface area (Å²) in [5.41, 5.74) is 2.62. The number of hydrogen-bond acceptors (Lipinski definition) is 5. The van der Waals surface area contributed by atoms with E-state index >= 15 is 0 Å². The number of fused-ring (bicyclic) bond motifs is 1. The first-order chi connectivity index (χ1) is 8.84. The van der Waals surface area contributed by atoms with Crippen molar-refractivity contribution in [2.75, 3.05) is 13.1 Å². The van der Waals surface area contributed by atoms with E-state index in [1.54, 1.807) is 12.4 Å². The van der Waals surface area contributed by atoms with Crippen molar-refractivity contribution in [2.24, 2.45) is 4.99 Å². The minimum Gasteiger partial charge on any atom is -0.354 e. The van der Waals surface area contributed by atoms with Crippen LogP contribution < -0.4 is 10.6 Å². The normalized spacial score (nSPS) is 17.0. The summed E-state index contributed by atoms with van der Waals surface area (Å²) in [5.74, 6) is 6.73. The Bertz CT molecular complexity index is 608. The second kappa shape index (κ2) is 4.53. The van der Waals surface area contributed by atoms with Crippen LogP contribution in [-0.2, 0) is 0 Å². The van der Waals surface area contributed by atoms with Gasteiger partial charge < -0.3 is 10.6 Å². The molecule has 0 saturated carbocycles. The number of nitrogens with one attached hydrogen (secondary N) is 2. The number of nitrogens with zero attached hydrogens (tertiary/aromatic N) is 3. The maximum absolute atomic E-state index is 6.12. The third kappa shape index (κ3) is 1.95. The second-order valence-corrected chi connectivity index (χ2v) is 3.91. The van der Waals surface area contributed by atoms with Gasteiger partial charge in [-0.05, 0) is 11.4 Å². The minimum absolute atomic E-state index is 0.532. The van der Waals surface area contributed by atoms with Crippen molar-refractivity contribution in [3.8, 4) is 11.8 Å². The predicted octanol–water partition coefficient (Wildman–Crippen LogP) is -0.382. The SMILES string of the molecule is [B]C1=C(NC2=NCCN2)CC#Cc2nccnc21. The van der Waals surface area contributed by atoms with E-state index in [-0.39, 0.29) is 0 Å². The molecular weight excluding hydrogens is 225 g/mol. The molecule has 2 aliphatic rings. The largest absolute Gasteiger partial charge is 0.354 e. The van der Waals surface area contributed by atoms with Crippen LogP contribution in [0.5, 0.6) is 0 Å². The smallest absolute Gasteiger partial charge is 0.195 e. The number of aromatic nitrogens is 2. The van der Waals surface area contributed by atoms with Crippen LogP contribution in [0.1, 0.15) is 17.8 Å². The van der Waals surface area contributed by atoms with Crippen LogP contribution in [0.2, 0.25) is 0 Å². The molecule has 0 fully saturated rings. The van der Waals surface area contributed by atoms with Crippen molar-refractivity contribution >= 4 is 19.3 Å². The number of rotatable bonds is 1. The molecule has 0 saturated heterocycles. The van der Waals surface area contributed by atoms with Crippen molar-refractivity contribution in [1.29, 1.82) is 0 Å². The fraction of sp³-hybridized carbons (Fsp3) is 0.250. The van der Waals surface area contributed by atoms with E-state index in [9.17, 15) is 0 Å². The zero-order valence-corrected chi connectivity index (χ0v) is 9.70. The summed E-state index contributed by atoms with van der Waals surface area (Å²) in [4.78, 5) is 12.7. The van der Waals surface area contributed by atoms with Gasteiger partial charge in [0.2, 0.25) is 0 Å². The Hall–Kier alpha value is -2.29. The average Bonchev–Trinajstić information content (AvgIpc) is 2.85. The highest BCUT2D eigenvalue weighted by Crippen LogP contribution is 2.18. The summed E-state index contributed by atoms with van der Waals surface area (Å²) in [6.45, 7) is 1.62. The van der Waals surface area contributed by atoms with E-state index in [4.69, 9.17) is 7.85 Å². The van der Waals surface area contributed by atoms with E-state index in [1.807, 2.05) is 0 Å². The highest BCUT2D eigenvalue weighted by atomic mass is 15.2. The number of guanidine groups is 1. The Labute approximate surface area is 106 Å². The Morgan fingerprint density at radius 3 is 3.06 bits per heavy atom. The third-order valence-corrected chi connectivity index (χ3v) is 2.69. The molecule has 86 valence electrons. The zero-order valence-electron chi connectivity index (χ0n) is 9.70. The molecule has 0 atom stereocenters. The van der Waals surface area contributed by atoms with Crippen LogP contribution in [-0.4, -0.2) is 36.9 Å². The molecule has 2 heterocycles. The summed E-state index contributed by atoms with van der Waals surface area (Å²) in [6, 6.07) is 0. The lowest BCUT2D eigenvalue weighted by atomic mass is 9.88. The molecule has 0 aromatic carbocycles. The fourth-order valence-corrected chi connectivity index (χ4v) is 1.82. The van der Waals surface area contributed by atoms with E-state index < -0.39 is 0 Å². The Balaban J connectivity index is 1.98. The molecule has 2 N–H and O–H groups in total. The quantitative estimate of drug-likeness (QED) is 0.514. The van der Waals surface area contributed by atoms with Gasteiger partial charge in [-0.3, -0.25) is 9.98 Å². The molecule has 1 aromatic heterocycles. The molecule has 6 heteroatoms. The summed E-state index contributed by atoms with van der Waals surface area (Å²) >= 11 is 0. The van der Waals surface area contributed by atoms with Crippen LogP contribution >= 0.6 is 0 Å². The molecule has 5 nitrogen and oxygen atoms in total. The molecule has 18 heavy (non-hydrogen) atoms. The van der Waals surface area contributed by atoms with Crippen molar-refractivity contribution in [1.82, 2.24) is 20.6 Å². The van der Waals surface area contributed by atoms with Gasteiger partial charge >= 0.3 is 0 Å². The maximum Gasteiger partial charge on any atom is 0.195 e. The molecule has 0 spiro atoms. The monoisotopic (exact) mass is 235 g/mol. The van der Waals surface area contributed by atoms with Crippen LogP contribution in [0.15, 0.2) is 23.1 Å².